The quantitative estimate of drug-likeness (QED) is 0.633. The molecule has 0 spiro atoms. The van der Waals surface area contributed by atoms with Gasteiger partial charge in [0.05, 0.1) is 13.2 Å². The molecule has 0 N–H and O–H groups in total. The predicted octanol–water partition coefficient (Wildman–Crippen LogP) is 4.34. The van der Waals surface area contributed by atoms with Gasteiger partial charge in [-0.2, -0.15) is 0 Å². The molecule has 1 aliphatic heterocycles. The van der Waals surface area contributed by atoms with Crippen LogP contribution in [0.15, 0.2) is 54.6 Å². The van der Waals surface area contributed by atoms with E-state index in [2.05, 4.69) is 17.0 Å². The van der Waals surface area contributed by atoms with Crippen LogP contribution in [0.25, 0.3) is 0 Å². The van der Waals surface area contributed by atoms with Crippen molar-refractivity contribution in [2.24, 2.45) is 0 Å². The minimum atomic E-state index is -0.462. The van der Waals surface area contributed by atoms with Gasteiger partial charge in [0, 0.05) is 31.9 Å². The monoisotopic (exact) mass is 412 g/mol. The second-order valence-electron chi connectivity index (χ2n) is 8.33. The molecular weight excluding hydrogens is 380 g/mol. The van der Waals surface area contributed by atoms with Crippen LogP contribution in [0.1, 0.15) is 26.3 Å². The standard InChI is InChI=1S/C24H32N2O4/c1-24(2,3)30-23(27)26-15-13-25(14-16-26)21-9-11-22(12-10-21)29-18-17-28-19-20-7-5-4-6-8-20/h4-12H,13-19H2,1-3H3. The summed E-state index contributed by atoms with van der Waals surface area (Å²) in [7, 11) is 0. The molecule has 0 aromatic heterocycles. The molecular formula is C24H32N2O4. The Labute approximate surface area is 179 Å². The zero-order valence-electron chi connectivity index (χ0n) is 18.2. The topological polar surface area (TPSA) is 51.2 Å². The van der Waals surface area contributed by atoms with Crippen LogP contribution in [0.2, 0.25) is 0 Å². The van der Waals surface area contributed by atoms with Crippen molar-refractivity contribution in [1.29, 1.82) is 0 Å². The average Bonchev–Trinajstić information content (AvgIpc) is 2.74. The van der Waals surface area contributed by atoms with Crippen LogP contribution < -0.4 is 9.64 Å². The molecule has 0 bridgehead atoms. The number of carbonyl (C=O) groups is 1. The third-order valence-corrected chi connectivity index (χ3v) is 4.74. The summed E-state index contributed by atoms with van der Waals surface area (Å²) in [4.78, 5) is 16.2. The summed E-state index contributed by atoms with van der Waals surface area (Å²) in [6.07, 6.45) is -0.236. The molecule has 1 heterocycles. The number of anilines is 1. The number of piperazine rings is 1. The highest BCUT2D eigenvalue weighted by Gasteiger charge is 2.25. The molecule has 0 atom stereocenters. The highest BCUT2D eigenvalue weighted by molar-refractivity contribution is 5.68. The Balaban J connectivity index is 1.37. The van der Waals surface area contributed by atoms with Gasteiger partial charge >= 0.3 is 6.09 Å². The number of nitrogens with zero attached hydrogens (tertiary/aromatic N) is 2. The van der Waals surface area contributed by atoms with Gasteiger partial charge in [0.25, 0.3) is 0 Å². The summed E-state index contributed by atoms with van der Waals surface area (Å²) in [6, 6.07) is 18.2. The molecule has 3 rings (SSSR count). The maximum Gasteiger partial charge on any atom is 0.410 e. The minimum Gasteiger partial charge on any atom is -0.491 e. The van der Waals surface area contributed by atoms with Crippen LogP contribution in [0.5, 0.6) is 5.75 Å². The smallest absolute Gasteiger partial charge is 0.410 e. The number of benzene rings is 2. The zero-order valence-corrected chi connectivity index (χ0v) is 18.2. The molecule has 0 unspecified atom stereocenters. The van der Waals surface area contributed by atoms with Gasteiger partial charge in [0.2, 0.25) is 0 Å². The van der Waals surface area contributed by atoms with Crippen molar-refractivity contribution >= 4 is 11.8 Å². The van der Waals surface area contributed by atoms with Gasteiger partial charge in [0.1, 0.15) is 18.0 Å². The van der Waals surface area contributed by atoms with Gasteiger partial charge in [0.15, 0.2) is 0 Å². The molecule has 1 fully saturated rings. The Morgan fingerprint density at radius 2 is 1.57 bits per heavy atom. The number of amides is 1. The van der Waals surface area contributed by atoms with Gasteiger partial charge in [-0.3, -0.25) is 0 Å². The largest absolute Gasteiger partial charge is 0.491 e. The number of hydrogen-bond donors (Lipinski definition) is 0. The van der Waals surface area contributed by atoms with E-state index >= 15 is 0 Å². The average molecular weight is 413 g/mol. The van der Waals surface area contributed by atoms with E-state index in [0.29, 0.717) is 32.9 Å². The van der Waals surface area contributed by atoms with Crippen LogP contribution in [-0.4, -0.2) is 56.0 Å². The SMILES string of the molecule is CC(C)(C)OC(=O)N1CCN(c2ccc(OCCOCc3ccccc3)cc2)CC1. The Hall–Kier alpha value is -2.73. The van der Waals surface area contributed by atoms with Gasteiger partial charge in [-0.15, -0.1) is 0 Å². The molecule has 0 aliphatic carbocycles. The zero-order chi connectivity index (χ0) is 21.4. The van der Waals surface area contributed by atoms with E-state index in [-0.39, 0.29) is 6.09 Å². The lowest BCUT2D eigenvalue weighted by Crippen LogP contribution is -2.50. The van der Waals surface area contributed by atoms with Gasteiger partial charge < -0.3 is 24.0 Å². The maximum atomic E-state index is 12.2. The van der Waals surface area contributed by atoms with Crippen LogP contribution in [0.3, 0.4) is 0 Å². The summed E-state index contributed by atoms with van der Waals surface area (Å²) in [5, 5.41) is 0. The molecule has 30 heavy (non-hydrogen) atoms. The Morgan fingerprint density at radius 1 is 0.900 bits per heavy atom. The Bertz CT molecular complexity index is 779. The summed E-state index contributed by atoms with van der Waals surface area (Å²) in [5.74, 6) is 0.828. The summed E-state index contributed by atoms with van der Waals surface area (Å²) >= 11 is 0. The highest BCUT2D eigenvalue weighted by Crippen LogP contribution is 2.21. The van der Waals surface area contributed by atoms with E-state index in [1.807, 2.05) is 63.2 Å². The van der Waals surface area contributed by atoms with E-state index in [9.17, 15) is 4.79 Å². The van der Waals surface area contributed by atoms with Crippen molar-refractivity contribution in [3.63, 3.8) is 0 Å². The second-order valence-corrected chi connectivity index (χ2v) is 8.33. The number of ether oxygens (including phenoxy) is 3. The first kappa shape index (κ1) is 22.0. The minimum absolute atomic E-state index is 0.236. The van der Waals surface area contributed by atoms with E-state index in [4.69, 9.17) is 14.2 Å². The highest BCUT2D eigenvalue weighted by atomic mass is 16.6. The number of carbonyl (C=O) groups excluding carboxylic acids is 1. The fraction of sp³-hybridized carbons (Fsp3) is 0.458. The summed E-state index contributed by atoms with van der Waals surface area (Å²) < 4.78 is 16.9. The first-order valence-electron chi connectivity index (χ1n) is 10.5. The lowest BCUT2D eigenvalue weighted by atomic mass is 10.2. The lowest BCUT2D eigenvalue weighted by molar-refractivity contribution is 0.0240. The fourth-order valence-corrected chi connectivity index (χ4v) is 3.21. The van der Waals surface area contributed by atoms with Crippen molar-refractivity contribution in [1.82, 2.24) is 4.90 Å². The third kappa shape index (κ3) is 6.95. The van der Waals surface area contributed by atoms with E-state index in [1.54, 1.807) is 4.90 Å². The molecule has 0 radical (unpaired) electrons. The molecule has 2 aromatic rings. The van der Waals surface area contributed by atoms with Crippen molar-refractivity contribution in [3.05, 3.63) is 60.2 Å². The number of hydrogen-bond acceptors (Lipinski definition) is 5. The summed E-state index contributed by atoms with van der Waals surface area (Å²) in [5.41, 5.74) is 1.83. The van der Waals surface area contributed by atoms with Crippen LogP contribution in [0.4, 0.5) is 10.5 Å². The van der Waals surface area contributed by atoms with Crippen LogP contribution in [-0.2, 0) is 16.1 Å². The maximum absolute atomic E-state index is 12.2. The Morgan fingerprint density at radius 3 is 2.20 bits per heavy atom. The van der Waals surface area contributed by atoms with Crippen LogP contribution >= 0.6 is 0 Å². The molecule has 1 saturated heterocycles. The van der Waals surface area contributed by atoms with Crippen molar-refractivity contribution in [3.8, 4) is 5.75 Å². The van der Waals surface area contributed by atoms with E-state index in [1.165, 1.54) is 0 Å². The lowest BCUT2D eigenvalue weighted by Gasteiger charge is -2.36. The van der Waals surface area contributed by atoms with Crippen LogP contribution in [0, 0.1) is 0 Å². The van der Waals surface area contributed by atoms with E-state index < -0.39 is 5.60 Å². The third-order valence-electron chi connectivity index (χ3n) is 4.74. The van der Waals surface area contributed by atoms with Gasteiger partial charge in [-0.05, 0) is 50.6 Å². The van der Waals surface area contributed by atoms with Crippen molar-refractivity contribution in [2.75, 3.05) is 44.3 Å². The molecule has 6 nitrogen and oxygen atoms in total. The normalized spacial score (nSPS) is 14.5. The molecule has 0 saturated carbocycles. The Kier molecular flexibility index (Phi) is 7.57. The van der Waals surface area contributed by atoms with Gasteiger partial charge in [-0.25, -0.2) is 4.79 Å². The van der Waals surface area contributed by atoms with E-state index in [0.717, 1.165) is 30.1 Å². The number of rotatable bonds is 7. The summed E-state index contributed by atoms with van der Waals surface area (Å²) in [6.45, 7) is 10.2. The molecule has 1 amide bonds. The molecule has 2 aromatic carbocycles. The predicted molar refractivity (Wildman–Crippen MR) is 118 cm³/mol. The van der Waals surface area contributed by atoms with Crippen molar-refractivity contribution < 1.29 is 19.0 Å². The second kappa shape index (κ2) is 10.3. The van der Waals surface area contributed by atoms with Gasteiger partial charge in [-0.1, -0.05) is 30.3 Å². The molecule has 162 valence electrons. The fourth-order valence-electron chi connectivity index (χ4n) is 3.21. The molecule has 6 heteroatoms. The molecule has 1 aliphatic rings. The van der Waals surface area contributed by atoms with Crippen molar-refractivity contribution in [2.45, 2.75) is 33.0 Å². The first-order valence-corrected chi connectivity index (χ1v) is 10.5. The first-order chi connectivity index (χ1) is 14.4.